The maximum absolute atomic E-state index is 4.12. The van der Waals surface area contributed by atoms with Gasteiger partial charge in [-0.3, -0.25) is 4.98 Å². The molecular formula is C11H16Br2N2. The van der Waals surface area contributed by atoms with Gasteiger partial charge in [0, 0.05) is 28.7 Å². The summed E-state index contributed by atoms with van der Waals surface area (Å²) in [5.41, 5.74) is 1.23. The van der Waals surface area contributed by atoms with Crippen LogP contribution in [0.5, 0.6) is 0 Å². The molecule has 15 heavy (non-hydrogen) atoms. The third-order valence-electron chi connectivity index (χ3n) is 2.08. The van der Waals surface area contributed by atoms with Gasteiger partial charge in [-0.1, -0.05) is 22.4 Å². The van der Waals surface area contributed by atoms with Crippen molar-refractivity contribution in [2.75, 3.05) is 11.9 Å². The van der Waals surface area contributed by atoms with Crippen molar-refractivity contribution in [3.63, 3.8) is 0 Å². The van der Waals surface area contributed by atoms with Crippen molar-refractivity contribution in [3.8, 4) is 0 Å². The summed E-state index contributed by atoms with van der Waals surface area (Å²) in [4.78, 5) is 4.12. The summed E-state index contributed by atoms with van der Waals surface area (Å²) in [5.74, 6) is 0. The van der Waals surface area contributed by atoms with Gasteiger partial charge < -0.3 is 5.32 Å². The van der Waals surface area contributed by atoms with E-state index in [-0.39, 0.29) is 0 Å². The molecule has 1 aromatic rings. The van der Waals surface area contributed by atoms with E-state index < -0.39 is 0 Å². The lowest BCUT2D eigenvalue weighted by Gasteiger charge is -2.04. The molecule has 1 aromatic heterocycles. The van der Waals surface area contributed by atoms with E-state index in [1.54, 1.807) is 6.20 Å². The van der Waals surface area contributed by atoms with E-state index in [9.17, 15) is 0 Å². The highest BCUT2D eigenvalue weighted by Crippen LogP contribution is 2.09. The fourth-order valence-corrected chi connectivity index (χ4v) is 2.12. The SMILES string of the molecule is BrCCCCCNCc1cncc(Br)c1. The van der Waals surface area contributed by atoms with Crippen LogP contribution in [0.3, 0.4) is 0 Å². The largest absolute Gasteiger partial charge is 0.313 e. The molecule has 0 aliphatic carbocycles. The normalized spacial score (nSPS) is 10.5. The zero-order valence-electron chi connectivity index (χ0n) is 8.68. The third kappa shape index (κ3) is 6.28. The second-order valence-electron chi connectivity index (χ2n) is 3.44. The Morgan fingerprint density at radius 3 is 2.80 bits per heavy atom. The molecule has 0 saturated heterocycles. The van der Waals surface area contributed by atoms with Crippen LogP contribution >= 0.6 is 31.9 Å². The Morgan fingerprint density at radius 1 is 1.20 bits per heavy atom. The predicted octanol–water partition coefficient (Wildman–Crippen LogP) is 3.50. The number of alkyl halides is 1. The van der Waals surface area contributed by atoms with Crippen LogP contribution in [0, 0.1) is 0 Å². The lowest BCUT2D eigenvalue weighted by Crippen LogP contribution is -2.14. The molecule has 2 nitrogen and oxygen atoms in total. The van der Waals surface area contributed by atoms with Gasteiger partial charge in [0.2, 0.25) is 0 Å². The summed E-state index contributed by atoms with van der Waals surface area (Å²) in [6.45, 7) is 1.99. The molecule has 0 radical (unpaired) electrons. The van der Waals surface area contributed by atoms with Crippen LogP contribution in [-0.2, 0) is 6.54 Å². The van der Waals surface area contributed by atoms with Crippen LogP contribution in [0.4, 0.5) is 0 Å². The van der Waals surface area contributed by atoms with Gasteiger partial charge in [-0.05, 0) is 46.9 Å². The van der Waals surface area contributed by atoms with Gasteiger partial charge in [0.15, 0.2) is 0 Å². The Balaban J connectivity index is 2.10. The average Bonchev–Trinajstić information content (AvgIpc) is 2.23. The zero-order chi connectivity index (χ0) is 10.9. The van der Waals surface area contributed by atoms with Gasteiger partial charge in [-0.15, -0.1) is 0 Å². The van der Waals surface area contributed by atoms with E-state index in [4.69, 9.17) is 0 Å². The first-order chi connectivity index (χ1) is 7.33. The Bertz CT molecular complexity index is 279. The first kappa shape index (κ1) is 13.1. The molecule has 0 aliphatic rings. The van der Waals surface area contributed by atoms with Crippen LogP contribution in [-0.4, -0.2) is 16.9 Å². The molecule has 0 saturated carbocycles. The summed E-state index contributed by atoms with van der Waals surface area (Å²) in [6.07, 6.45) is 7.50. The second-order valence-corrected chi connectivity index (χ2v) is 5.15. The molecule has 0 bridgehead atoms. The average molecular weight is 336 g/mol. The molecule has 0 amide bonds. The van der Waals surface area contributed by atoms with Crippen LogP contribution in [0.1, 0.15) is 24.8 Å². The molecule has 0 aromatic carbocycles. The Kier molecular flexibility index (Phi) is 7.22. The molecule has 0 fully saturated rings. The maximum atomic E-state index is 4.12. The molecule has 4 heteroatoms. The molecule has 1 rings (SSSR count). The standard InChI is InChI=1S/C11H16Br2N2/c12-4-2-1-3-5-14-7-10-6-11(13)9-15-8-10/h6,8-9,14H,1-5,7H2. The summed E-state index contributed by atoms with van der Waals surface area (Å²) >= 11 is 6.84. The van der Waals surface area contributed by atoms with E-state index in [2.05, 4.69) is 48.2 Å². The minimum absolute atomic E-state index is 0.904. The van der Waals surface area contributed by atoms with Gasteiger partial charge in [-0.25, -0.2) is 0 Å². The number of pyridine rings is 1. The minimum atomic E-state index is 0.904. The molecule has 1 heterocycles. The van der Waals surface area contributed by atoms with Gasteiger partial charge in [0.1, 0.15) is 0 Å². The van der Waals surface area contributed by atoms with Gasteiger partial charge in [0.05, 0.1) is 0 Å². The Hall–Kier alpha value is 0.0700. The zero-order valence-corrected chi connectivity index (χ0v) is 11.8. The number of hydrogen-bond acceptors (Lipinski definition) is 2. The Morgan fingerprint density at radius 2 is 2.07 bits per heavy atom. The number of nitrogens with one attached hydrogen (secondary N) is 1. The lowest BCUT2D eigenvalue weighted by molar-refractivity contribution is 0.618. The first-order valence-electron chi connectivity index (χ1n) is 5.19. The molecule has 84 valence electrons. The molecular weight excluding hydrogens is 320 g/mol. The van der Waals surface area contributed by atoms with Crippen molar-refractivity contribution < 1.29 is 0 Å². The molecule has 0 aliphatic heterocycles. The van der Waals surface area contributed by atoms with Crippen molar-refractivity contribution in [1.29, 1.82) is 0 Å². The lowest BCUT2D eigenvalue weighted by atomic mass is 10.2. The minimum Gasteiger partial charge on any atom is -0.313 e. The smallest absolute Gasteiger partial charge is 0.0410 e. The van der Waals surface area contributed by atoms with E-state index in [0.717, 1.165) is 22.9 Å². The number of rotatable bonds is 7. The monoisotopic (exact) mass is 334 g/mol. The van der Waals surface area contributed by atoms with E-state index in [1.165, 1.54) is 24.8 Å². The highest BCUT2D eigenvalue weighted by molar-refractivity contribution is 9.10. The van der Waals surface area contributed by atoms with Crippen LogP contribution in [0.15, 0.2) is 22.9 Å². The number of hydrogen-bond donors (Lipinski definition) is 1. The molecule has 0 atom stereocenters. The van der Waals surface area contributed by atoms with Crippen molar-refractivity contribution in [2.24, 2.45) is 0 Å². The number of halogens is 2. The topological polar surface area (TPSA) is 24.9 Å². The second kappa shape index (κ2) is 8.25. The predicted molar refractivity (Wildman–Crippen MR) is 71.3 cm³/mol. The van der Waals surface area contributed by atoms with Gasteiger partial charge in [0.25, 0.3) is 0 Å². The van der Waals surface area contributed by atoms with Crippen LogP contribution < -0.4 is 5.32 Å². The highest BCUT2D eigenvalue weighted by atomic mass is 79.9. The van der Waals surface area contributed by atoms with Crippen LogP contribution in [0.2, 0.25) is 0 Å². The third-order valence-corrected chi connectivity index (χ3v) is 3.07. The summed E-state index contributed by atoms with van der Waals surface area (Å²) in [5, 5.41) is 4.53. The fourth-order valence-electron chi connectivity index (χ4n) is 1.31. The summed E-state index contributed by atoms with van der Waals surface area (Å²) < 4.78 is 1.04. The van der Waals surface area contributed by atoms with E-state index in [0.29, 0.717) is 0 Å². The van der Waals surface area contributed by atoms with E-state index in [1.807, 2.05) is 6.20 Å². The first-order valence-corrected chi connectivity index (χ1v) is 7.10. The summed E-state index contributed by atoms with van der Waals surface area (Å²) in [6, 6.07) is 2.10. The van der Waals surface area contributed by atoms with Crippen LogP contribution in [0.25, 0.3) is 0 Å². The maximum Gasteiger partial charge on any atom is 0.0410 e. The fraction of sp³-hybridized carbons (Fsp3) is 0.545. The van der Waals surface area contributed by atoms with Crippen molar-refractivity contribution >= 4 is 31.9 Å². The van der Waals surface area contributed by atoms with Gasteiger partial charge in [-0.2, -0.15) is 0 Å². The number of unbranched alkanes of at least 4 members (excludes halogenated alkanes) is 2. The summed E-state index contributed by atoms with van der Waals surface area (Å²) in [7, 11) is 0. The Labute approximate surface area is 108 Å². The van der Waals surface area contributed by atoms with Crippen molar-refractivity contribution in [1.82, 2.24) is 10.3 Å². The van der Waals surface area contributed by atoms with Crippen molar-refractivity contribution in [3.05, 3.63) is 28.5 Å². The number of aromatic nitrogens is 1. The van der Waals surface area contributed by atoms with E-state index >= 15 is 0 Å². The molecule has 0 unspecified atom stereocenters. The van der Waals surface area contributed by atoms with Crippen molar-refractivity contribution in [2.45, 2.75) is 25.8 Å². The van der Waals surface area contributed by atoms with Gasteiger partial charge >= 0.3 is 0 Å². The quantitative estimate of drug-likeness (QED) is 0.609. The number of nitrogens with zero attached hydrogens (tertiary/aromatic N) is 1. The molecule has 1 N–H and O–H groups in total. The molecule has 0 spiro atoms. The highest BCUT2D eigenvalue weighted by Gasteiger charge is 1.94.